The fourth-order valence-electron chi connectivity index (χ4n) is 2.61. The monoisotopic (exact) mass is 251 g/mol. The van der Waals surface area contributed by atoms with Gasteiger partial charge >= 0.3 is 0 Å². The van der Waals surface area contributed by atoms with E-state index in [1.54, 1.807) is 0 Å². The van der Waals surface area contributed by atoms with E-state index in [4.69, 9.17) is 10.8 Å². The van der Waals surface area contributed by atoms with Gasteiger partial charge in [-0.25, -0.2) is 0 Å². The van der Waals surface area contributed by atoms with Gasteiger partial charge in [-0.2, -0.15) is 0 Å². The summed E-state index contributed by atoms with van der Waals surface area (Å²) in [5.74, 6) is 0. The van der Waals surface area contributed by atoms with Crippen LogP contribution in [0.5, 0.6) is 0 Å². The molecule has 0 heterocycles. The molecular weight excluding hydrogens is 234 g/mol. The molecule has 0 aliphatic rings. The molecule has 2 heteroatoms. The van der Waals surface area contributed by atoms with Gasteiger partial charge < -0.3 is 10.8 Å². The smallest absolute Gasteiger partial charge is 0.0449 e. The summed E-state index contributed by atoms with van der Waals surface area (Å²) in [5.41, 5.74) is 7.26. The van der Waals surface area contributed by atoms with Crippen LogP contribution >= 0.6 is 0 Å². The molecule has 19 heavy (non-hydrogen) atoms. The molecule has 0 aromatic heterocycles. The molecule has 0 saturated heterocycles. The summed E-state index contributed by atoms with van der Waals surface area (Å²) in [5, 5.41) is 13.9. The molecule has 1 atom stereocenters. The van der Waals surface area contributed by atoms with Gasteiger partial charge in [0.15, 0.2) is 0 Å². The van der Waals surface area contributed by atoms with Gasteiger partial charge in [0, 0.05) is 12.6 Å². The summed E-state index contributed by atoms with van der Waals surface area (Å²) in [6.45, 7) is 0.116. The van der Waals surface area contributed by atoms with E-state index in [9.17, 15) is 0 Å². The molecule has 3 rings (SSSR count). The van der Waals surface area contributed by atoms with Gasteiger partial charge in [0.05, 0.1) is 0 Å². The van der Waals surface area contributed by atoms with Crippen LogP contribution in [-0.4, -0.2) is 11.7 Å². The first-order valence-corrected chi connectivity index (χ1v) is 6.57. The van der Waals surface area contributed by atoms with E-state index in [0.29, 0.717) is 6.42 Å². The van der Waals surface area contributed by atoms with Crippen LogP contribution in [0.1, 0.15) is 18.0 Å². The first kappa shape index (κ1) is 12.2. The van der Waals surface area contributed by atoms with Gasteiger partial charge in [-0.15, -0.1) is 0 Å². The average Bonchev–Trinajstić information content (AvgIpc) is 2.44. The number of rotatable bonds is 3. The number of fused-ring (bicyclic) bond motifs is 2. The fourth-order valence-corrected chi connectivity index (χ4v) is 2.61. The summed E-state index contributed by atoms with van der Waals surface area (Å²) in [6.07, 6.45) is 0.589. The zero-order chi connectivity index (χ0) is 13.2. The van der Waals surface area contributed by atoms with Gasteiger partial charge in [0.1, 0.15) is 0 Å². The number of hydrogen-bond acceptors (Lipinski definition) is 2. The Morgan fingerprint density at radius 3 is 2.32 bits per heavy atom. The molecule has 0 aliphatic heterocycles. The van der Waals surface area contributed by atoms with E-state index in [1.165, 1.54) is 21.5 Å². The molecule has 0 radical (unpaired) electrons. The van der Waals surface area contributed by atoms with Crippen molar-refractivity contribution in [2.75, 3.05) is 6.61 Å². The van der Waals surface area contributed by atoms with Crippen molar-refractivity contribution in [3.8, 4) is 0 Å². The molecule has 3 aromatic carbocycles. The van der Waals surface area contributed by atoms with Crippen LogP contribution in [0.3, 0.4) is 0 Å². The summed E-state index contributed by atoms with van der Waals surface area (Å²) in [6, 6.07) is 18.8. The zero-order valence-corrected chi connectivity index (χ0v) is 10.7. The minimum Gasteiger partial charge on any atom is -0.396 e. The topological polar surface area (TPSA) is 46.2 Å². The fraction of sp³-hybridized carbons (Fsp3) is 0.176. The molecule has 0 saturated carbocycles. The quantitative estimate of drug-likeness (QED) is 0.701. The minimum atomic E-state index is -0.116. The highest BCUT2D eigenvalue weighted by molar-refractivity contribution is 5.99. The van der Waals surface area contributed by atoms with Crippen LogP contribution in [0, 0.1) is 0 Å². The van der Waals surface area contributed by atoms with Crippen molar-refractivity contribution < 1.29 is 5.11 Å². The number of aliphatic hydroxyl groups is 1. The lowest BCUT2D eigenvalue weighted by atomic mass is 9.95. The Bertz CT molecular complexity index is 721. The molecule has 0 spiro atoms. The van der Waals surface area contributed by atoms with Crippen LogP contribution in [0.4, 0.5) is 0 Å². The second-order valence-electron chi connectivity index (χ2n) is 4.89. The molecule has 0 aliphatic carbocycles. The predicted molar refractivity (Wildman–Crippen MR) is 80.1 cm³/mol. The summed E-state index contributed by atoms with van der Waals surface area (Å²) >= 11 is 0. The van der Waals surface area contributed by atoms with Gasteiger partial charge in [-0.1, -0.05) is 42.5 Å². The van der Waals surface area contributed by atoms with Gasteiger partial charge in [0.2, 0.25) is 0 Å². The van der Waals surface area contributed by atoms with Gasteiger partial charge in [0.25, 0.3) is 0 Å². The molecule has 1 unspecified atom stereocenters. The first-order valence-electron chi connectivity index (χ1n) is 6.57. The van der Waals surface area contributed by atoms with Crippen molar-refractivity contribution in [1.29, 1.82) is 0 Å². The van der Waals surface area contributed by atoms with Crippen molar-refractivity contribution in [3.63, 3.8) is 0 Å². The highest BCUT2D eigenvalue weighted by atomic mass is 16.3. The number of hydrogen-bond donors (Lipinski definition) is 2. The maximum absolute atomic E-state index is 9.06. The Balaban J connectivity index is 2.26. The van der Waals surface area contributed by atoms with Crippen LogP contribution in [0.2, 0.25) is 0 Å². The molecule has 0 amide bonds. The third-order valence-electron chi connectivity index (χ3n) is 3.62. The highest BCUT2D eigenvalue weighted by Crippen LogP contribution is 2.28. The summed E-state index contributed by atoms with van der Waals surface area (Å²) < 4.78 is 0. The molecule has 3 N–H and O–H groups in total. The lowest BCUT2D eigenvalue weighted by molar-refractivity contribution is 0.277. The van der Waals surface area contributed by atoms with Crippen molar-refractivity contribution >= 4 is 21.5 Å². The zero-order valence-electron chi connectivity index (χ0n) is 10.7. The van der Waals surface area contributed by atoms with Crippen molar-refractivity contribution in [2.24, 2.45) is 5.73 Å². The van der Waals surface area contributed by atoms with E-state index in [2.05, 4.69) is 42.5 Å². The van der Waals surface area contributed by atoms with Gasteiger partial charge in [-0.3, -0.25) is 0 Å². The number of benzene rings is 3. The van der Waals surface area contributed by atoms with E-state index >= 15 is 0 Å². The van der Waals surface area contributed by atoms with E-state index in [-0.39, 0.29) is 12.6 Å². The van der Waals surface area contributed by atoms with Crippen molar-refractivity contribution in [3.05, 3.63) is 60.2 Å². The third-order valence-corrected chi connectivity index (χ3v) is 3.62. The molecular formula is C17H17NO. The second kappa shape index (κ2) is 5.00. The molecule has 0 fully saturated rings. The van der Waals surface area contributed by atoms with Crippen molar-refractivity contribution in [1.82, 2.24) is 0 Å². The highest BCUT2D eigenvalue weighted by Gasteiger charge is 2.09. The Labute approximate surface area is 112 Å². The predicted octanol–water partition coefficient (Wildman–Crippen LogP) is 3.38. The standard InChI is InChI=1S/C17H17NO/c18-17(8-9-19)15-7-3-6-14-10-12-4-1-2-5-13(12)11-16(14)15/h1-7,10-11,17,19H,8-9,18H2. The normalized spacial score (nSPS) is 12.9. The van der Waals surface area contributed by atoms with Crippen LogP contribution in [0.15, 0.2) is 54.6 Å². The van der Waals surface area contributed by atoms with Crippen LogP contribution < -0.4 is 5.73 Å². The molecule has 96 valence electrons. The van der Waals surface area contributed by atoms with E-state index in [0.717, 1.165) is 5.56 Å². The van der Waals surface area contributed by atoms with Crippen LogP contribution in [0.25, 0.3) is 21.5 Å². The van der Waals surface area contributed by atoms with E-state index < -0.39 is 0 Å². The molecule has 0 bridgehead atoms. The minimum absolute atomic E-state index is 0.116. The lowest BCUT2D eigenvalue weighted by Crippen LogP contribution is -2.12. The third kappa shape index (κ3) is 2.21. The Hall–Kier alpha value is -1.90. The second-order valence-corrected chi connectivity index (χ2v) is 4.89. The maximum Gasteiger partial charge on any atom is 0.0449 e. The largest absolute Gasteiger partial charge is 0.396 e. The first-order chi connectivity index (χ1) is 9.29. The Morgan fingerprint density at radius 2 is 1.58 bits per heavy atom. The Morgan fingerprint density at radius 1 is 0.895 bits per heavy atom. The summed E-state index contributed by atoms with van der Waals surface area (Å²) in [7, 11) is 0. The molecule has 3 aromatic rings. The SMILES string of the molecule is NC(CCO)c1cccc2cc3ccccc3cc12. The average molecular weight is 251 g/mol. The number of aliphatic hydroxyl groups excluding tert-OH is 1. The maximum atomic E-state index is 9.06. The summed E-state index contributed by atoms with van der Waals surface area (Å²) in [4.78, 5) is 0. The van der Waals surface area contributed by atoms with E-state index in [1.807, 2.05) is 12.1 Å². The van der Waals surface area contributed by atoms with Gasteiger partial charge in [-0.05, 0) is 45.7 Å². The molecule has 2 nitrogen and oxygen atoms in total. The van der Waals surface area contributed by atoms with Crippen LogP contribution in [-0.2, 0) is 0 Å². The lowest BCUT2D eigenvalue weighted by Gasteiger charge is -2.14. The Kier molecular flexibility index (Phi) is 3.20. The number of nitrogens with two attached hydrogens (primary N) is 1. The van der Waals surface area contributed by atoms with Crippen molar-refractivity contribution in [2.45, 2.75) is 12.5 Å².